The summed E-state index contributed by atoms with van der Waals surface area (Å²) in [6.07, 6.45) is 0. The Morgan fingerprint density at radius 3 is 1.84 bits per heavy atom. The van der Waals surface area contributed by atoms with Crippen LogP contribution in [0, 0.1) is 6.92 Å². The van der Waals surface area contributed by atoms with Gasteiger partial charge >= 0.3 is 0 Å². The number of hydrogen-bond donors (Lipinski definition) is 3. The summed E-state index contributed by atoms with van der Waals surface area (Å²) in [5, 5.41) is 28.0. The molecule has 0 bridgehead atoms. The molecule has 5 aromatic rings. The zero-order chi connectivity index (χ0) is 31.9. The van der Waals surface area contributed by atoms with Gasteiger partial charge < -0.3 is 10.0 Å². The monoisotopic (exact) mass is 643 g/mol. The van der Waals surface area contributed by atoms with Crippen LogP contribution < -0.4 is 4.90 Å². The lowest BCUT2D eigenvalue weighted by Crippen LogP contribution is -2.14. The van der Waals surface area contributed by atoms with Crippen molar-refractivity contribution >= 4 is 59.4 Å². The zero-order valence-electron chi connectivity index (χ0n) is 23.6. The smallest absolute Gasteiger partial charge is 0.296 e. The predicted octanol–water partition coefficient (Wildman–Crippen LogP) is 7.70. The van der Waals surface area contributed by atoms with Crippen LogP contribution in [0.4, 0.5) is 28.4 Å². The molecule has 1 heterocycles. The summed E-state index contributed by atoms with van der Waals surface area (Å²) in [5.41, 5.74) is 4.01. The Bertz CT molecular complexity index is 2240. The Hall–Kier alpha value is -5.02. The average molecular weight is 644 g/mol. The van der Waals surface area contributed by atoms with Gasteiger partial charge in [0, 0.05) is 24.2 Å². The molecule has 3 N–H and O–H groups in total. The second-order valence-electron chi connectivity index (χ2n) is 10.4. The van der Waals surface area contributed by atoms with Gasteiger partial charge in [-0.1, -0.05) is 29.8 Å². The number of fused-ring (bicyclic) bond motifs is 2. The van der Waals surface area contributed by atoms with Crippen molar-refractivity contribution in [1.29, 1.82) is 0 Å². The quantitative estimate of drug-likeness (QED) is 0.119. The third-order valence-corrected chi connectivity index (χ3v) is 9.13. The molecule has 45 heavy (non-hydrogen) atoms. The first-order valence-electron chi connectivity index (χ1n) is 13.5. The lowest BCUT2D eigenvalue weighted by molar-refractivity contribution is 0.472. The van der Waals surface area contributed by atoms with Crippen molar-refractivity contribution in [1.82, 2.24) is 0 Å². The van der Waals surface area contributed by atoms with Crippen molar-refractivity contribution in [2.75, 3.05) is 4.90 Å². The summed E-state index contributed by atoms with van der Waals surface area (Å²) in [6.45, 7) is 2.48. The highest BCUT2D eigenvalue weighted by atomic mass is 32.2. The molecular weight excluding hydrogens is 619 g/mol. The largest absolute Gasteiger partial charge is 0.505 e. The first-order valence-corrected chi connectivity index (χ1v) is 16.4. The van der Waals surface area contributed by atoms with E-state index in [9.17, 15) is 31.0 Å². The van der Waals surface area contributed by atoms with Crippen LogP contribution in [0.15, 0.2) is 121 Å². The highest BCUT2D eigenvalue weighted by Crippen LogP contribution is 2.43. The number of hydrogen-bond acceptors (Lipinski definition) is 10. The maximum atomic E-state index is 12.4. The molecule has 0 aliphatic carbocycles. The highest BCUT2D eigenvalue weighted by molar-refractivity contribution is 7.86. The second kappa shape index (κ2) is 11.5. The molecule has 12 nitrogen and oxygen atoms in total. The molecule has 0 aromatic heterocycles. The van der Waals surface area contributed by atoms with E-state index >= 15 is 0 Å². The molecule has 5 aromatic carbocycles. The van der Waals surface area contributed by atoms with Crippen molar-refractivity contribution in [2.45, 2.75) is 29.8 Å². The van der Waals surface area contributed by atoms with Crippen LogP contribution in [-0.2, 0) is 33.3 Å². The zero-order valence-corrected chi connectivity index (χ0v) is 25.2. The molecular formula is C31H25N5O7S2. The fraction of sp³-hybridized carbons (Fsp3) is 0.0968. The minimum atomic E-state index is -4.84. The van der Waals surface area contributed by atoms with Crippen LogP contribution in [0.25, 0.3) is 10.8 Å². The molecule has 0 fully saturated rings. The Balaban J connectivity index is 1.29. The summed E-state index contributed by atoms with van der Waals surface area (Å²) in [7, 11) is -9.27. The molecule has 0 spiro atoms. The normalized spacial score (nSPS) is 13.7. The molecule has 0 radical (unpaired) electrons. The fourth-order valence-electron chi connectivity index (χ4n) is 5.06. The van der Waals surface area contributed by atoms with Crippen molar-refractivity contribution in [3.63, 3.8) is 0 Å². The van der Waals surface area contributed by atoms with Crippen LogP contribution >= 0.6 is 0 Å². The molecule has 228 valence electrons. The molecule has 1 aliphatic rings. The number of aryl methyl sites for hydroxylation is 1. The van der Waals surface area contributed by atoms with Gasteiger partial charge in [0.25, 0.3) is 20.2 Å². The van der Waals surface area contributed by atoms with Crippen molar-refractivity contribution in [2.24, 2.45) is 20.5 Å². The third-order valence-electron chi connectivity index (χ3n) is 7.33. The molecule has 14 heteroatoms. The lowest BCUT2D eigenvalue weighted by atomic mass is 10.1. The third kappa shape index (κ3) is 6.30. The van der Waals surface area contributed by atoms with Gasteiger partial charge in [0.1, 0.15) is 10.6 Å². The molecule has 1 aliphatic heterocycles. The summed E-state index contributed by atoms with van der Waals surface area (Å²) in [6, 6.07) is 24.7. The van der Waals surface area contributed by atoms with Crippen molar-refractivity contribution in [3.8, 4) is 5.75 Å². The van der Waals surface area contributed by atoms with E-state index < -0.39 is 36.6 Å². The van der Waals surface area contributed by atoms with Crippen LogP contribution in [-0.4, -0.2) is 31.0 Å². The number of aromatic hydroxyl groups is 1. The lowest BCUT2D eigenvalue weighted by Gasteiger charge is -2.19. The first kappa shape index (κ1) is 30.0. The maximum Gasteiger partial charge on any atom is 0.296 e. The van der Waals surface area contributed by atoms with E-state index in [4.69, 9.17) is 0 Å². The van der Waals surface area contributed by atoms with E-state index in [-0.39, 0.29) is 22.2 Å². The fourth-order valence-corrected chi connectivity index (χ4v) is 6.48. The van der Waals surface area contributed by atoms with Crippen LogP contribution in [0.3, 0.4) is 0 Å². The SMILES string of the molecule is Cc1ccc(N=Nc2ccc(/N=N/c3c(S(=O)(=O)O)cc4cc(N5Cc6cccc(S(=O)(=O)O)c6C5)ccc4c3O)cc2)cc1. The van der Waals surface area contributed by atoms with Gasteiger partial charge in [-0.2, -0.15) is 32.2 Å². The van der Waals surface area contributed by atoms with Gasteiger partial charge in [-0.15, -0.1) is 5.11 Å². The standard InChI is InChI=1S/C31H25N5O7S2/c1-19-5-7-22(8-6-19)32-33-23-9-11-24(12-10-23)34-35-30-29(45(41,42)43)16-21-15-25(13-14-26(21)31(30)37)36-17-20-3-2-4-28(27(20)18-36)44(38,39)40/h2-16,37H,17-18H2,1H3,(H,38,39,40)(H,41,42,43)/b33-32?,35-34+. The maximum absolute atomic E-state index is 12.4. The van der Waals surface area contributed by atoms with Crippen LogP contribution in [0.5, 0.6) is 5.75 Å². The van der Waals surface area contributed by atoms with Gasteiger partial charge in [0.05, 0.1) is 22.0 Å². The minimum Gasteiger partial charge on any atom is -0.505 e. The topological polar surface area (TPSA) is 182 Å². The van der Waals surface area contributed by atoms with Gasteiger partial charge in [-0.25, -0.2) is 0 Å². The number of benzene rings is 5. The van der Waals surface area contributed by atoms with Crippen LogP contribution in [0.2, 0.25) is 0 Å². The number of azo groups is 2. The van der Waals surface area contributed by atoms with E-state index in [0.29, 0.717) is 40.4 Å². The van der Waals surface area contributed by atoms with E-state index in [1.807, 2.05) is 36.1 Å². The average Bonchev–Trinajstić information content (AvgIpc) is 3.44. The van der Waals surface area contributed by atoms with Gasteiger partial charge in [-0.3, -0.25) is 9.11 Å². The number of phenols is 1. The van der Waals surface area contributed by atoms with Gasteiger partial charge in [0.15, 0.2) is 5.75 Å². The van der Waals surface area contributed by atoms with Crippen molar-refractivity contribution in [3.05, 3.63) is 108 Å². The Kier molecular flexibility index (Phi) is 7.66. The minimum absolute atomic E-state index is 0.173. The summed E-state index contributed by atoms with van der Waals surface area (Å²) >= 11 is 0. The summed E-state index contributed by atoms with van der Waals surface area (Å²) in [5.74, 6) is -0.502. The number of nitrogens with zero attached hydrogens (tertiary/aromatic N) is 5. The molecule has 0 saturated heterocycles. The number of anilines is 1. The molecule has 0 unspecified atom stereocenters. The van der Waals surface area contributed by atoms with E-state index in [2.05, 4.69) is 20.5 Å². The molecule has 0 atom stereocenters. The number of phenolic OH excluding ortho intramolecular Hbond substituents is 1. The molecule has 6 rings (SSSR count). The van der Waals surface area contributed by atoms with E-state index in [1.165, 1.54) is 12.1 Å². The first-order chi connectivity index (χ1) is 21.4. The Morgan fingerprint density at radius 1 is 0.667 bits per heavy atom. The number of rotatable bonds is 7. The van der Waals surface area contributed by atoms with E-state index in [1.54, 1.807) is 54.6 Å². The highest BCUT2D eigenvalue weighted by Gasteiger charge is 2.27. The van der Waals surface area contributed by atoms with Crippen molar-refractivity contribution < 1.29 is 31.0 Å². The van der Waals surface area contributed by atoms with Crippen LogP contribution in [0.1, 0.15) is 16.7 Å². The molecule has 0 saturated carbocycles. The Labute approximate surface area is 258 Å². The summed E-state index contributed by atoms with van der Waals surface area (Å²) in [4.78, 5) is 1.02. The summed E-state index contributed by atoms with van der Waals surface area (Å²) < 4.78 is 68.1. The molecule has 0 amide bonds. The predicted molar refractivity (Wildman–Crippen MR) is 168 cm³/mol. The van der Waals surface area contributed by atoms with Gasteiger partial charge in [-0.05, 0) is 90.2 Å². The second-order valence-corrected chi connectivity index (χ2v) is 13.2. The Morgan fingerprint density at radius 2 is 1.24 bits per heavy atom. The van der Waals surface area contributed by atoms with Gasteiger partial charge in [0.2, 0.25) is 0 Å². The van der Waals surface area contributed by atoms with E-state index in [0.717, 1.165) is 5.56 Å².